The van der Waals surface area contributed by atoms with Crippen LogP contribution in [0.3, 0.4) is 0 Å². The molecule has 0 bridgehead atoms. The van der Waals surface area contributed by atoms with E-state index in [-0.39, 0.29) is 6.61 Å². The average molecular weight is 361 g/mol. The summed E-state index contributed by atoms with van der Waals surface area (Å²) in [5.74, 6) is 1.96. The highest BCUT2D eigenvalue weighted by Gasteiger charge is 2.09. The minimum atomic E-state index is 0.235. The number of rotatable bonds is 6. The third kappa shape index (κ3) is 4.52. The molecule has 24 heavy (non-hydrogen) atoms. The van der Waals surface area contributed by atoms with Crippen LogP contribution in [0.25, 0.3) is 0 Å². The largest absolute Gasteiger partial charge is 0.484 e. The zero-order valence-corrected chi connectivity index (χ0v) is 15.0. The molecule has 0 aliphatic carbocycles. The van der Waals surface area contributed by atoms with Crippen LogP contribution >= 0.6 is 23.4 Å². The molecule has 3 aromatic rings. The molecule has 6 heteroatoms. The van der Waals surface area contributed by atoms with Crippen molar-refractivity contribution in [2.24, 2.45) is 0 Å². The molecule has 3 rings (SSSR count). The van der Waals surface area contributed by atoms with Gasteiger partial charge in [-0.15, -0.1) is 10.2 Å². The summed E-state index contributed by atoms with van der Waals surface area (Å²) in [6, 6.07) is 13.6. The van der Waals surface area contributed by atoms with E-state index < -0.39 is 0 Å². The van der Waals surface area contributed by atoms with E-state index in [0.29, 0.717) is 21.9 Å². The lowest BCUT2D eigenvalue weighted by atomic mass is 10.1. The molecule has 124 valence electrons. The second-order valence-corrected chi connectivity index (χ2v) is 6.79. The Kier molecular flexibility index (Phi) is 5.43. The average Bonchev–Trinajstić information content (AvgIpc) is 3.03. The predicted octanol–water partition coefficient (Wildman–Crippen LogP) is 5.21. The first-order valence-electron chi connectivity index (χ1n) is 7.50. The van der Waals surface area contributed by atoms with Gasteiger partial charge in [-0.05, 0) is 49.2 Å². The van der Waals surface area contributed by atoms with Gasteiger partial charge in [0.25, 0.3) is 11.1 Å². The molecular formula is C18H17ClN2O2S. The highest BCUT2D eigenvalue weighted by Crippen LogP contribution is 2.24. The fraction of sp³-hybridized carbons (Fsp3) is 0.222. The summed E-state index contributed by atoms with van der Waals surface area (Å²) in [5.41, 5.74) is 3.79. The maximum Gasteiger partial charge on any atom is 0.277 e. The van der Waals surface area contributed by atoms with Crippen LogP contribution in [0.1, 0.15) is 22.6 Å². The third-order valence-electron chi connectivity index (χ3n) is 3.48. The molecule has 0 unspecified atom stereocenters. The Morgan fingerprint density at radius 2 is 1.88 bits per heavy atom. The predicted molar refractivity (Wildman–Crippen MR) is 95.6 cm³/mol. The van der Waals surface area contributed by atoms with Crippen molar-refractivity contribution in [3.8, 4) is 5.75 Å². The van der Waals surface area contributed by atoms with Crippen molar-refractivity contribution in [3.63, 3.8) is 0 Å². The van der Waals surface area contributed by atoms with Gasteiger partial charge in [0.15, 0.2) is 6.61 Å². The molecule has 4 nitrogen and oxygen atoms in total. The second-order valence-electron chi connectivity index (χ2n) is 5.42. The minimum absolute atomic E-state index is 0.235. The van der Waals surface area contributed by atoms with Gasteiger partial charge in [-0.1, -0.05) is 47.1 Å². The third-order valence-corrected chi connectivity index (χ3v) is 4.60. The van der Waals surface area contributed by atoms with Gasteiger partial charge >= 0.3 is 0 Å². The Labute approximate surface area is 150 Å². The molecule has 0 radical (unpaired) electrons. The molecular weight excluding hydrogens is 344 g/mol. The van der Waals surface area contributed by atoms with E-state index in [9.17, 15) is 0 Å². The molecule has 0 N–H and O–H groups in total. The molecule has 0 aliphatic heterocycles. The van der Waals surface area contributed by atoms with Gasteiger partial charge in [-0.2, -0.15) is 0 Å². The van der Waals surface area contributed by atoms with Gasteiger partial charge in [-0.25, -0.2) is 0 Å². The summed E-state index contributed by atoms with van der Waals surface area (Å²) < 4.78 is 11.2. The van der Waals surface area contributed by atoms with Crippen molar-refractivity contribution >= 4 is 23.4 Å². The van der Waals surface area contributed by atoms with Gasteiger partial charge in [0.1, 0.15) is 5.75 Å². The van der Waals surface area contributed by atoms with Crippen LogP contribution in [-0.4, -0.2) is 10.2 Å². The smallest absolute Gasteiger partial charge is 0.277 e. The Bertz CT molecular complexity index is 818. The monoisotopic (exact) mass is 360 g/mol. The minimum Gasteiger partial charge on any atom is -0.484 e. The summed E-state index contributed by atoms with van der Waals surface area (Å²) in [5, 5.41) is 9.29. The molecule has 2 aromatic carbocycles. The normalized spacial score (nSPS) is 10.8. The van der Waals surface area contributed by atoms with Gasteiger partial charge in [0.05, 0.1) is 0 Å². The molecule has 0 spiro atoms. The lowest BCUT2D eigenvalue weighted by Gasteiger charge is -2.05. The number of halogens is 1. The molecule has 0 saturated heterocycles. The van der Waals surface area contributed by atoms with Crippen molar-refractivity contribution in [3.05, 3.63) is 70.1 Å². The first-order chi connectivity index (χ1) is 11.6. The van der Waals surface area contributed by atoms with Gasteiger partial charge < -0.3 is 9.15 Å². The highest BCUT2D eigenvalue weighted by molar-refractivity contribution is 7.98. The number of benzene rings is 2. The van der Waals surface area contributed by atoms with Crippen molar-refractivity contribution in [1.82, 2.24) is 10.2 Å². The summed E-state index contributed by atoms with van der Waals surface area (Å²) >= 11 is 7.37. The number of aromatic nitrogens is 2. The first kappa shape index (κ1) is 16.9. The fourth-order valence-electron chi connectivity index (χ4n) is 2.13. The standard InChI is InChI=1S/C18H17ClN2O2S/c1-12-3-4-13(2)14(9-12)11-24-18-21-20-17(23-18)10-22-16-7-5-15(19)6-8-16/h3-9H,10-11H2,1-2H3. The van der Waals surface area contributed by atoms with E-state index in [1.54, 1.807) is 24.3 Å². The second kappa shape index (κ2) is 7.73. The molecule has 0 fully saturated rings. The summed E-state index contributed by atoms with van der Waals surface area (Å²) in [7, 11) is 0. The molecule has 1 heterocycles. The molecule has 0 atom stereocenters. The van der Waals surface area contributed by atoms with E-state index in [0.717, 1.165) is 5.75 Å². The van der Waals surface area contributed by atoms with Gasteiger partial charge in [0, 0.05) is 10.8 Å². The molecule has 0 amide bonds. The zero-order chi connectivity index (χ0) is 16.9. The number of hydrogen-bond acceptors (Lipinski definition) is 5. The fourth-order valence-corrected chi connectivity index (χ4v) is 3.10. The first-order valence-corrected chi connectivity index (χ1v) is 8.86. The topological polar surface area (TPSA) is 48.2 Å². The van der Waals surface area contributed by atoms with E-state index in [2.05, 4.69) is 42.2 Å². The van der Waals surface area contributed by atoms with E-state index in [1.165, 1.54) is 28.5 Å². The van der Waals surface area contributed by atoms with Gasteiger partial charge in [0.2, 0.25) is 0 Å². The molecule has 0 saturated carbocycles. The summed E-state index contributed by atoms with van der Waals surface area (Å²) in [6.07, 6.45) is 0. The van der Waals surface area contributed by atoms with Crippen molar-refractivity contribution in [2.75, 3.05) is 0 Å². The number of ether oxygens (including phenoxy) is 1. The van der Waals surface area contributed by atoms with Crippen LogP contribution < -0.4 is 4.74 Å². The molecule has 0 aliphatic rings. The summed E-state index contributed by atoms with van der Waals surface area (Å²) in [6.45, 7) is 4.43. The van der Waals surface area contributed by atoms with Crippen molar-refractivity contribution in [2.45, 2.75) is 31.4 Å². The van der Waals surface area contributed by atoms with Crippen LogP contribution in [0.5, 0.6) is 5.75 Å². The quantitative estimate of drug-likeness (QED) is 0.564. The maximum atomic E-state index is 5.84. The van der Waals surface area contributed by atoms with Crippen LogP contribution in [0.2, 0.25) is 5.02 Å². The molecule has 1 aromatic heterocycles. The van der Waals surface area contributed by atoms with Crippen molar-refractivity contribution < 1.29 is 9.15 Å². The van der Waals surface area contributed by atoms with Crippen LogP contribution in [-0.2, 0) is 12.4 Å². The Morgan fingerprint density at radius 3 is 2.67 bits per heavy atom. The van der Waals surface area contributed by atoms with Crippen molar-refractivity contribution in [1.29, 1.82) is 0 Å². The Balaban J connectivity index is 1.55. The van der Waals surface area contributed by atoms with E-state index in [1.807, 2.05) is 0 Å². The van der Waals surface area contributed by atoms with Crippen LogP contribution in [0.15, 0.2) is 52.1 Å². The number of nitrogens with zero attached hydrogens (tertiary/aromatic N) is 2. The highest BCUT2D eigenvalue weighted by atomic mass is 35.5. The SMILES string of the molecule is Cc1ccc(C)c(CSc2nnc(COc3ccc(Cl)cc3)o2)c1. The van der Waals surface area contributed by atoms with Crippen LogP contribution in [0, 0.1) is 13.8 Å². The van der Waals surface area contributed by atoms with Crippen LogP contribution in [0.4, 0.5) is 0 Å². The maximum absolute atomic E-state index is 5.84. The van der Waals surface area contributed by atoms with E-state index in [4.69, 9.17) is 20.8 Å². The Hall–Kier alpha value is -1.98. The van der Waals surface area contributed by atoms with E-state index >= 15 is 0 Å². The summed E-state index contributed by atoms with van der Waals surface area (Å²) in [4.78, 5) is 0. The Morgan fingerprint density at radius 1 is 1.08 bits per heavy atom. The lowest BCUT2D eigenvalue weighted by Crippen LogP contribution is -1.95. The number of aryl methyl sites for hydroxylation is 2. The zero-order valence-electron chi connectivity index (χ0n) is 13.5. The van der Waals surface area contributed by atoms with Gasteiger partial charge in [-0.3, -0.25) is 0 Å². The number of hydrogen-bond donors (Lipinski definition) is 0. The lowest BCUT2D eigenvalue weighted by molar-refractivity contribution is 0.252. The number of thioether (sulfide) groups is 1.